The van der Waals surface area contributed by atoms with Gasteiger partial charge in [-0.05, 0) is 24.3 Å². The van der Waals surface area contributed by atoms with Gasteiger partial charge in [0.2, 0.25) is 0 Å². The number of hydrogen-bond acceptors (Lipinski definition) is 5. The van der Waals surface area contributed by atoms with Gasteiger partial charge in [0, 0.05) is 6.20 Å². The van der Waals surface area contributed by atoms with Crippen LogP contribution in [0.5, 0.6) is 0 Å². The average molecular weight is 272 g/mol. The molecule has 0 fully saturated rings. The van der Waals surface area contributed by atoms with E-state index in [-0.39, 0.29) is 6.54 Å². The quantitative estimate of drug-likeness (QED) is 0.479. The number of carbonyl (C=O) groups excluding carboxylic acids is 2. The lowest BCUT2D eigenvalue weighted by atomic mass is 10.4. The van der Waals surface area contributed by atoms with Crippen LogP contribution in [0.4, 0.5) is 0 Å². The van der Waals surface area contributed by atoms with Crippen molar-refractivity contribution in [3.8, 4) is 0 Å². The lowest BCUT2D eigenvalue weighted by molar-refractivity contribution is -0.139. The number of hydrogen-bond donors (Lipinski definition) is 2. The van der Waals surface area contributed by atoms with Crippen LogP contribution in [0.1, 0.15) is 11.5 Å². The molecule has 0 atom stereocenters. The van der Waals surface area contributed by atoms with E-state index in [1.807, 2.05) is 0 Å². The summed E-state index contributed by atoms with van der Waals surface area (Å²) in [6.07, 6.45) is 4.43. The van der Waals surface area contributed by atoms with Crippen LogP contribution in [0, 0.1) is 0 Å². The van der Waals surface area contributed by atoms with Gasteiger partial charge in [-0.1, -0.05) is 6.07 Å². The smallest absolute Gasteiger partial charge is 0.329 e. The maximum Gasteiger partial charge on any atom is 0.329 e. The molecule has 2 rings (SSSR count). The topological polar surface area (TPSA) is 96.6 Å². The Labute approximate surface area is 114 Å². The molecule has 0 saturated heterocycles. The third-order valence-corrected chi connectivity index (χ3v) is 2.26. The minimum atomic E-state index is -0.858. The fraction of sp³-hybridized carbons (Fsp3) is 0.0769. The largest absolute Gasteiger partial charge is 0.467 e. The molecule has 7 heteroatoms. The Bertz CT molecular complexity index is 593. The number of carbonyl (C=O) groups is 2. The maximum atomic E-state index is 11.4. The Morgan fingerprint density at radius 2 is 2.15 bits per heavy atom. The summed E-state index contributed by atoms with van der Waals surface area (Å²) in [7, 11) is 0. The first-order chi connectivity index (χ1) is 9.75. The Morgan fingerprint density at radius 1 is 1.25 bits per heavy atom. The van der Waals surface area contributed by atoms with Gasteiger partial charge in [-0.25, -0.2) is 5.43 Å². The summed E-state index contributed by atoms with van der Waals surface area (Å²) in [6.45, 7) is 0.142. The molecule has 0 unspecified atom stereocenters. The molecule has 7 nitrogen and oxygen atoms in total. The molecule has 102 valence electrons. The van der Waals surface area contributed by atoms with Crippen LogP contribution in [0.15, 0.2) is 52.3 Å². The zero-order valence-corrected chi connectivity index (χ0v) is 10.4. The van der Waals surface area contributed by atoms with Gasteiger partial charge in [-0.3, -0.25) is 14.6 Å². The molecule has 2 heterocycles. The van der Waals surface area contributed by atoms with Gasteiger partial charge in [0.15, 0.2) is 0 Å². The normalized spacial score (nSPS) is 10.4. The molecule has 2 amide bonds. The van der Waals surface area contributed by atoms with Crippen molar-refractivity contribution in [2.24, 2.45) is 5.10 Å². The Balaban J connectivity index is 1.76. The van der Waals surface area contributed by atoms with E-state index in [0.29, 0.717) is 11.5 Å². The zero-order valence-electron chi connectivity index (χ0n) is 10.4. The highest BCUT2D eigenvalue weighted by Crippen LogP contribution is 1.98. The highest BCUT2D eigenvalue weighted by molar-refractivity contribution is 6.35. The van der Waals surface area contributed by atoms with E-state index < -0.39 is 11.8 Å². The Kier molecular flexibility index (Phi) is 4.60. The molecular weight excluding hydrogens is 260 g/mol. The van der Waals surface area contributed by atoms with Gasteiger partial charge in [0.05, 0.1) is 24.7 Å². The SMILES string of the molecule is O=C(NCc1ccco1)C(=O)N/N=C\c1ccccn1. The van der Waals surface area contributed by atoms with Gasteiger partial charge in [-0.2, -0.15) is 5.10 Å². The molecule has 2 N–H and O–H groups in total. The predicted molar refractivity (Wildman–Crippen MR) is 70.5 cm³/mol. The number of hydrazone groups is 1. The second-order valence-electron chi connectivity index (χ2n) is 3.72. The van der Waals surface area contributed by atoms with E-state index in [2.05, 4.69) is 20.8 Å². The minimum Gasteiger partial charge on any atom is -0.467 e. The first-order valence-corrected chi connectivity index (χ1v) is 5.80. The fourth-order valence-corrected chi connectivity index (χ4v) is 1.32. The Hall–Kier alpha value is -2.96. The van der Waals surface area contributed by atoms with Crippen LogP contribution in [-0.2, 0) is 16.1 Å². The maximum absolute atomic E-state index is 11.4. The number of amides is 2. The van der Waals surface area contributed by atoms with Crippen LogP contribution >= 0.6 is 0 Å². The molecule has 0 saturated carbocycles. The van der Waals surface area contributed by atoms with Crippen molar-refractivity contribution < 1.29 is 14.0 Å². The van der Waals surface area contributed by atoms with Crippen molar-refractivity contribution in [2.45, 2.75) is 6.54 Å². The van der Waals surface area contributed by atoms with Crippen molar-refractivity contribution in [1.82, 2.24) is 15.7 Å². The highest BCUT2D eigenvalue weighted by Gasteiger charge is 2.12. The molecule has 0 aromatic carbocycles. The van der Waals surface area contributed by atoms with E-state index in [0.717, 1.165) is 0 Å². The number of nitrogens with zero attached hydrogens (tertiary/aromatic N) is 2. The van der Waals surface area contributed by atoms with E-state index in [9.17, 15) is 9.59 Å². The van der Waals surface area contributed by atoms with Gasteiger partial charge in [-0.15, -0.1) is 0 Å². The van der Waals surface area contributed by atoms with Crippen molar-refractivity contribution in [3.63, 3.8) is 0 Å². The van der Waals surface area contributed by atoms with E-state index in [4.69, 9.17) is 4.42 Å². The molecule has 0 bridgehead atoms. The summed E-state index contributed by atoms with van der Waals surface area (Å²) >= 11 is 0. The number of rotatable bonds is 4. The van der Waals surface area contributed by atoms with E-state index in [1.165, 1.54) is 12.5 Å². The first-order valence-electron chi connectivity index (χ1n) is 5.80. The first kappa shape index (κ1) is 13.5. The summed E-state index contributed by atoms with van der Waals surface area (Å²) in [5.41, 5.74) is 2.68. The van der Waals surface area contributed by atoms with Crippen LogP contribution in [0.25, 0.3) is 0 Å². The average Bonchev–Trinajstić information content (AvgIpc) is 2.99. The van der Waals surface area contributed by atoms with Gasteiger partial charge in [0.1, 0.15) is 5.76 Å². The molecule has 0 radical (unpaired) electrons. The number of aromatic nitrogens is 1. The summed E-state index contributed by atoms with van der Waals surface area (Å²) in [6, 6.07) is 8.65. The van der Waals surface area contributed by atoms with Crippen LogP contribution in [-0.4, -0.2) is 23.0 Å². The van der Waals surface area contributed by atoms with E-state index in [1.54, 1.807) is 36.5 Å². The van der Waals surface area contributed by atoms with E-state index >= 15 is 0 Å². The number of pyridine rings is 1. The van der Waals surface area contributed by atoms with Gasteiger partial charge in [0.25, 0.3) is 0 Å². The molecule has 0 aliphatic rings. The van der Waals surface area contributed by atoms with Crippen LogP contribution < -0.4 is 10.7 Å². The van der Waals surface area contributed by atoms with Crippen molar-refractivity contribution in [2.75, 3.05) is 0 Å². The minimum absolute atomic E-state index is 0.142. The molecule has 0 spiro atoms. The van der Waals surface area contributed by atoms with Gasteiger partial charge < -0.3 is 9.73 Å². The predicted octanol–water partition coefficient (Wildman–Crippen LogP) is 0.441. The lowest BCUT2D eigenvalue weighted by Gasteiger charge is -2.01. The molecule has 2 aromatic rings. The molecule has 20 heavy (non-hydrogen) atoms. The Morgan fingerprint density at radius 3 is 2.85 bits per heavy atom. The van der Waals surface area contributed by atoms with Crippen molar-refractivity contribution >= 4 is 18.0 Å². The van der Waals surface area contributed by atoms with Crippen LogP contribution in [0.2, 0.25) is 0 Å². The van der Waals surface area contributed by atoms with Gasteiger partial charge >= 0.3 is 11.8 Å². The van der Waals surface area contributed by atoms with Crippen molar-refractivity contribution in [1.29, 1.82) is 0 Å². The second-order valence-corrected chi connectivity index (χ2v) is 3.72. The standard InChI is InChI=1S/C13H12N4O3/c18-12(15-9-11-5-3-7-20-11)13(19)17-16-8-10-4-1-2-6-14-10/h1-8H,9H2,(H,15,18)(H,17,19)/b16-8-. The number of furan rings is 1. The lowest BCUT2D eigenvalue weighted by Crippen LogP contribution is -2.37. The molecular formula is C13H12N4O3. The third-order valence-electron chi connectivity index (χ3n) is 2.26. The zero-order chi connectivity index (χ0) is 14.2. The summed E-state index contributed by atoms with van der Waals surface area (Å²) < 4.78 is 5.02. The monoisotopic (exact) mass is 272 g/mol. The summed E-state index contributed by atoms with van der Waals surface area (Å²) in [5.74, 6) is -1.09. The second kappa shape index (κ2) is 6.83. The molecule has 0 aliphatic heterocycles. The third kappa shape index (κ3) is 4.05. The molecule has 2 aromatic heterocycles. The molecule has 0 aliphatic carbocycles. The van der Waals surface area contributed by atoms with Crippen molar-refractivity contribution in [3.05, 3.63) is 54.2 Å². The highest BCUT2D eigenvalue weighted by atomic mass is 16.3. The summed E-state index contributed by atoms with van der Waals surface area (Å²) in [5, 5.41) is 6.04. The number of nitrogens with one attached hydrogen (secondary N) is 2. The van der Waals surface area contributed by atoms with Crippen LogP contribution in [0.3, 0.4) is 0 Å². The fourth-order valence-electron chi connectivity index (χ4n) is 1.32. The summed E-state index contributed by atoms with van der Waals surface area (Å²) in [4.78, 5) is 26.8.